The van der Waals surface area contributed by atoms with Crippen LogP contribution in [0, 0.1) is 29.1 Å². The number of alkyl halides is 3. The number of allylic oxidation sites excluding steroid dienone is 2. The molecule has 0 saturated heterocycles. The van der Waals surface area contributed by atoms with Gasteiger partial charge < -0.3 is 4.74 Å². The third kappa shape index (κ3) is 6.80. The molecule has 29 heavy (non-hydrogen) atoms. The van der Waals surface area contributed by atoms with Gasteiger partial charge in [0.15, 0.2) is 0 Å². The summed E-state index contributed by atoms with van der Waals surface area (Å²) in [7, 11) is 0. The Hall–Kier alpha value is -1.96. The number of halogens is 3. The van der Waals surface area contributed by atoms with Gasteiger partial charge in [0.25, 0.3) is 0 Å². The molecule has 2 aliphatic rings. The van der Waals surface area contributed by atoms with Gasteiger partial charge >= 0.3 is 6.36 Å². The third-order valence-electron chi connectivity index (χ3n) is 6.85. The average Bonchev–Trinajstić information content (AvgIpc) is 2.71. The van der Waals surface area contributed by atoms with Crippen LogP contribution in [0.15, 0.2) is 36.4 Å². The summed E-state index contributed by atoms with van der Waals surface area (Å²) in [5.41, 5.74) is 1.13. The molecule has 0 amide bonds. The van der Waals surface area contributed by atoms with E-state index in [1.165, 1.54) is 57.1 Å². The van der Waals surface area contributed by atoms with Crippen molar-refractivity contribution in [2.75, 3.05) is 0 Å². The summed E-state index contributed by atoms with van der Waals surface area (Å²) < 4.78 is 40.9. The number of rotatable bonds is 6. The highest BCUT2D eigenvalue weighted by Gasteiger charge is 2.32. The van der Waals surface area contributed by atoms with Crippen molar-refractivity contribution in [3.8, 4) is 11.8 Å². The predicted molar refractivity (Wildman–Crippen MR) is 107 cm³/mol. The first kappa shape index (κ1) is 21.7. The van der Waals surface area contributed by atoms with Crippen LogP contribution in [-0.2, 0) is 0 Å². The Morgan fingerprint density at radius 3 is 2.07 bits per heavy atom. The van der Waals surface area contributed by atoms with Crippen molar-refractivity contribution >= 4 is 0 Å². The van der Waals surface area contributed by atoms with E-state index in [2.05, 4.69) is 10.8 Å². The van der Waals surface area contributed by atoms with Crippen LogP contribution in [0.5, 0.6) is 5.75 Å². The van der Waals surface area contributed by atoms with E-state index in [1.54, 1.807) is 18.2 Å². The smallest absolute Gasteiger partial charge is 0.406 e. The highest BCUT2D eigenvalue weighted by molar-refractivity contribution is 5.29. The number of ether oxygens (including phenoxy) is 1. The number of benzene rings is 1. The zero-order valence-corrected chi connectivity index (χ0v) is 16.8. The second-order valence-corrected chi connectivity index (χ2v) is 8.62. The van der Waals surface area contributed by atoms with E-state index in [9.17, 15) is 13.2 Å². The van der Waals surface area contributed by atoms with E-state index >= 15 is 0 Å². The van der Waals surface area contributed by atoms with E-state index in [4.69, 9.17) is 5.26 Å². The molecule has 0 unspecified atom stereocenters. The Morgan fingerprint density at radius 1 is 0.931 bits per heavy atom. The summed E-state index contributed by atoms with van der Waals surface area (Å²) in [4.78, 5) is 0. The van der Waals surface area contributed by atoms with Gasteiger partial charge in [0.2, 0.25) is 0 Å². The minimum absolute atomic E-state index is 0.144. The first-order chi connectivity index (χ1) is 13.9. The minimum Gasteiger partial charge on any atom is -0.406 e. The monoisotopic (exact) mass is 405 g/mol. The molecule has 3 rings (SSSR count). The fourth-order valence-electron chi connectivity index (χ4n) is 5.28. The Bertz CT molecular complexity index is 688. The number of hydrogen-bond donors (Lipinski definition) is 0. The van der Waals surface area contributed by atoms with Crippen LogP contribution in [0.1, 0.15) is 75.7 Å². The maximum absolute atomic E-state index is 12.3. The van der Waals surface area contributed by atoms with Crippen LogP contribution in [-0.4, -0.2) is 6.36 Å². The lowest BCUT2D eigenvalue weighted by molar-refractivity contribution is -0.274. The zero-order chi connectivity index (χ0) is 20.7. The van der Waals surface area contributed by atoms with Crippen molar-refractivity contribution in [2.45, 2.75) is 76.5 Å². The Morgan fingerprint density at radius 2 is 1.52 bits per heavy atom. The van der Waals surface area contributed by atoms with Crippen LogP contribution < -0.4 is 4.74 Å². The molecule has 2 saturated carbocycles. The summed E-state index contributed by atoms with van der Waals surface area (Å²) in [5, 5.41) is 8.54. The van der Waals surface area contributed by atoms with Crippen molar-refractivity contribution in [3.63, 3.8) is 0 Å². The lowest BCUT2D eigenvalue weighted by Crippen LogP contribution is -2.25. The van der Waals surface area contributed by atoms with Gasteiger partial charge in [-0.05, 0) is 92.7 Å². The molecule has 1 aromatic rings. The van der Waals surface area contributed by atoms with Crippen LogP contribution in [0.3, 0.4) is 0 Å². The van der Waals surface area contributed by atoms with Crippen molar-refractivity contribution in [3.05, 3.63) is 42.0 Å². The molecule has 158 valence electrons. The van der Waals surface area contributed by atoms with Crippen molar-refractivity contribution in [1.82, 2.24) is 0 Å². The second kappa shape index (κ2) is 10.2. The van der Waals surface area contributed by atoms with Gasteiger partial charge in [-0.3, -0.25) is 0 Å². The summed E-state index contributed by atoms with van der Waals surface area (Å²) in [5.74, 6) is 2.76. The van der Waals surface area contributed by atoms with Crippen LogP contribution in [0.2, 0.25) is 0 Å². The topological polar surface area (TPSA) is 33.0 Å². The Kier molecular flexibility index (Phi) is 7.64. The van der Waals surface area contributed by atoms with E-state index in [1.807, 2.05) is 6.08 Å². The molecule has 5 heteroatoms. The maximum atomic E-state index is 12.3. The first-order valence-corrected chi connectivity index (χ1v) is 10.8. The van der Waals surface area contributed by atoms with Gasteiger partial charge in [-0.15, -0.1) is 13.2 Å². The molecule has 1 aromatic carbocycles. The predicted octanol–water partition coefficient (Wildman–Crippen LogP) is 7.53. The molecule has 0 atom stereocenters. The van der Waals surface area contributed by atoms with Gasteiger partial charge in [-0.2, -0.15) is 5.26 Å². The minimum atomic E-state index is -4.63. The summed E-state index contributed by atoms with van der Waals surface area (Å²) >= 11 is 0. The maximum Gasteiger partial charge on any atom is 0.573 e. The molecule has 2 aliphatic carbocycles. The molecule has 0 heterocycles. The molecule has 2 fully saturated rings. The molecule has 0 aliphatic heterocycles. The molecule has 0 aromatic heterocycles. The molecule has 0 spiro atoms. The normalized spacial score (nSPS) is 28.2. The Labute approximate surface area is 171 Å². The van der Waals surface area contributed by atoms with E-state index in [0.29, 0.717) is 5.92 Å². The Balaban J connectivity index is 1.41. The van der Waals surface area contributed by atoms with Crippen LogP contribution in [0.4, 0.5) is 13.2 Å². The molecule has 0 radical (unpaired) electrons. The lowest BCUT2D eigenvalue weighted by Gasteiger charge is -2.38. The van der Waals surface area contributed by atoms with Crippen molar-refractivity contribution in [2.24, 2.45) is 17.8 Å². The highest BCUT2D eigenvalue weighted by Crippen LogP contribution is 2.44. The fourth-order valence-corrected chi connectivity index (χ4v) is 5.28. The molecular weight excluding hydrogens is 375 g/mol. The standard InChI is InChI=1S/C24H30F3NO/c25-24(26,27)29-23-15-13-22(14-16-23)21-11-9-20(10-12-21)19-7-5-18(6-8-19)4-2-1-3-17-28/h1,3,13-16,18-21H,2,4-12H2. The number of nitriles is 1. The van der Waals surface area contributed by atoms with Gasteiger partial charge in [-0.1, -0.05) is 31.1 Å². The molecular formula is C24H30F3NO. The zero-order valence-electron chi connectivity index (χ0n) is 16.8. The highest BCUT2D eigenvalue weighted by atomic mass is 19.4. The van der Waals surface area contributed by atoms with Crippen LogP contribution in [0.25, 0.3) is 0 Å². The van der Waals surface area contributed by atoms with Gasteiger partial charge in [0, 0.05) is 6.08 Å². The van der Waals surface area contributed by atoms with Crippen LogP contribution >= 0.6 is 0 Å². The fraction of sp³-hybridized carbons (Fsp3) is 0.625. The van der Waals surface area contributed by atoms with Gasteiger partial charge in [0.1, 0.15) is 5.75 Å². The SMILES string of the molecule is N#CC=CCCC1CCC(C2CCC(c3ccc(OC(F)(F)F)cc3)CC2)CC1. The van der Waals surface area contributed by atoms with Crippen molar-refractivity contribution in [1.29, 1.82) is 5.26 Å². The summed E-state index contributed by atoms with van der Waals surface area (Å²) in [6, 6.07) is 8.50. The summed E-state index contributed by atoms with van der Waals surface area (Å²) in [6.07, 6.45) is 11.1. The molecule has 2 nitrogen and oxygen atoms in total. The lowest BCUT2D eigenvalue weighted by atomic mass is 9.68. The quantitative estimate of drug-likeness (QED) is 0.458. The van der Waals surface area contributed by atoms with E-state index in [-0.39, 0.29) is 5.75 Å². The number of hydrogen-bond acceptors (Lipinski definition) is 2. The number of nitrogens with zero attached hydrogens (tertiary/aromatic N) is 1. The van der Waals surface area contributed by atoms with E-state index < -0.39 is 6.36 Å². The van der Waals surface area contributed by atoms with Gasteiger partial charge in [0.05, 0.1) is 6.07 Å². The summed E-state index contributed by atoms with van der Waals surface area (Å²) in [6.45, 7) is 0. The average molecular weight is 406 g/mol. The van der Waals surface area contributed by atoms with Crippen molar-refractivity contribution < 1.29 is 17.9 Å². The largest absolute Gasteiger partial charge is 0.573 e. The van der Waals surface area contributed by atoms with Gasteiger partial charge in [-0.25, -0.2) is 0 Å². The first-order valence-electron chi connectivity index (χ1n) is 10.8. The third-order valence-corrected chi connectivity index (χ3v) is 6.85. The second-order valence-electron chi connectivity index (χ2n) is 8.62. The molecule has 0 bridgehead atoms. The molecule has 0 N–H and O–H groups in total. The van der Waals surface area contributed by atoms with E-state index in [0.717, 1.165) is 42.6 Å².